The molecule has 1 unspecified atom stereocenters. The number of primary amides is 1. The quantitative estimate of drug-likeness (QED) is 0.395. The first-order chi connectivity index (χ1) is 17.4. The van der Waals surface area contributed by atoms with Gasteiger partial charge in [-0.15, -0.1) is 5.10 Å². The van der Waals surface area contributed by atoms with Crippen LogP contribution in [0.2, 0.25) is 0 Å². The number of ether oxygens (including phenoxy) is 1. The average molecular weight is 523 g/mol. The van der Waals surface area contributed by atoms with Crippen molar-refractivity contribution in [2.45, 2.75) is 45.1 Å². The number of hydrogen-bond donors (Lipinski definition) is 2. The van der Waals surface area contributed by atoms with Crippen LogP contribution in [0, 0.1) is 12.7 Å². The van der Waals surface area contributed by atoms with Gasteiger partial charge in [-0.1, -0.05) is 48.0 Å². The van der Waals surface area contributed by atoms with Crippen molar-refractivity contribution in [2.75, 3.05) is 6.61 Å². The normalized spacial score (nSPS) is 12.2. The van der Waals surface area contributed by atoms with E-state index in [2.05, 4.69) is 15.2 Å². The van der Waals surface area contributed by atoms with Crippen LogP contribution in [0.4, 0.5) is 22.4 Å². The summed E-state index contributed by atoms with van der Waals surface area (Å²) in [5.41, 5.74) is 5.44. The van der Waals surface area contributed by atoms with Gasteiger partial charge in [-0.05, 0) is 13.0 Å². The molecular formula is C24H25F4N5O4. The molecule has 3 rings (SSSR count). The number of aryl methyl sites for hydroxylation is 1. The number of benzene rings is 2. The first kappa shape index (κ1) is 27.4. The number of hydrogen-bond acceptors (Lipinski definition) is 5. The Morgan fingerprint density at radius 1 is 1.14 bits per heavy atom. The molecule has 9 nitrogen and oxygen atoms in total. The summed E-state index contributed by atoms with van der Waals surface area (Å²) in [5, 5.41) is 6.67. The Morgan fingerprint density at radius 3 is 2.43 bits per heavy atom. The Labute approximate surface area is 208 Å². The Balaban J connectivity index is 1.86. The van der Waals surface area contributed by atoms with Crippen molar-refractivity contribution in [3.05, 3.63) is 76.0 Å². The van der Waals surface area contributed by atoms with Crippen LogP contribution in [0.1, 0.15) is 30.0 Å². The van der Waals surface area contributed by atoms with E-state index in [1.807, 2.05) is 6.92 Å². The first-order valence-electron chi connectivity index (χ1n) is 11.2. The second-order valence-electron chi connectivity index (χ2n) is 8.24. The van der Waals surface area contributed by atoms with Crippen molar-refractivity contribution in [3.63, 3.8) is 0 Å². The summed E-state index contributed by atoms with van der Waals surface area (Å²) < 4.78 is 59.3. The lowest BCUT2D eigenvalue weighted by Gasteiger charge is -2.19. The van der Waals surface area contributed by atoms with E-state index in [1.54, 1.807) is 30.3 Å². The fourth-order valence-corrected chi connectivity index (χ4v) is 3.62. The van der Waals surface area contributed by atoms with Crippen molar-refractivity contribution in [1.82, 2.24) is 19.7 Å². The third-order valence-electron chi connectivity index (χ3n) is 5.41. The number of carbonyl (C=O) groups is 2. The molecule has 198 valence electrons. The van der Waals surface area contributed by atoms with Crippen LogP contribution in [0.15, 0.2) is 53.3 Å². The number of nitrogens with one attached hydrogen (secondary N) is 1. The number of nitrogens with two attached hydrogens (primary N) is 1. The molecule has 0 spiro atoms. The van der Waals surface area contributed by atoms with Crippen molar-refractivity contribution in [3.8, 4) is 11.4 Å². The fraction of sp³-hybridized carbons (Fsp3) is 0.333. The third-order valence-corrected chi connectivity index (χ3v) is 5.41. The van der Waals surface area contributed by atoms with Gasteiger partial charge in [0.2, 0.25) is 5.91 Å². The maximum absolute atomic E-state index is 14.4. The summed E-state index contributed by atoms with van der Waals surface area (Å²) in [7, 11) is 0. The fourth-order valence-electron chi connectivity index (χ4n) is 3.62. The topological polar surface area (TPSA) is 121 Å². The molecule has 0 aliphatic heterocycles. The summed E-state index contributed by atoms with van der Waals surface area (Å²) >= 11 is 0. The molecule has 3 aromatic rings. The minimum atomic E-state index is -4.51. The van der Waals surface area contributed by atoms with Crippen molar-refractivity contribution >= 4 is 12.0 Å². The van der Waals surface area contributed by atoms with E-state index in [0.29, 0.717) is 5.56 Å². The van der Waals surface area contributed by atoms with Gasteiger partial charge in [0.1, 0.15) is 12.4 Å². The van der Waals surface area contributed by atoms with Gasteiger partial charge in [0.15, 0.2) is 5.82 Å². The number of alkyl halides is 3. The highest BCUT2D eigenvalue weighted by Gasteiger charge is 2.29. The zero-order valence-electron chi connectivity index (χ0n) is 19.8. The van der Waals surface area contributed by atoms with Gasteiger partial charge in [-0.3, -0.25) is 9.36 Å². The summed E-state index contributed by atoms with van der Waals surface area (Å²) in [6.45, 7) is 0.274. The molecule has 0 saturated heterocycles. The zero-order valence-corrected chi connectivity index (χ0v) is 19.8. The molecule has 2 amide bonds. The van der Waals surface area contributed by atoms with Gasteiger partial charge in [-0.2, -0.15) is 13.2 Å². The SMILES string of the molecule is Cc1ccc(-c2nn(CC(=O)NC(CCOC(N)=O)c3ccccc3F)c(=O)n2CCC(F)(F)F)cc1. The van der Waals surface area contributed by atoms with E-state index in [9.17, 15) is 31.9 Å². The number of nitrogens with zero attached hydrogens (tertiary/aromatic N) is 3. The van der Waals surface area contributed by atoms with E-state index >= 15 is 0 Å². The second kappa shape index (κ2) is 11.7. The molecule has 37 heavy (non-hydrogen) atoms. The van der Waals surface area contributed by atoms with Crippen LogP contribution in [-0.4, -0.2) is 39.1 Å². The molecular weight excluding hydrogens is 498 g/mol. The smallest absolute Gasteiger partial charge is 0.404 e. The third kappa shape index (κ3) is 7.66. The molecule has 0 bridgehead atoms. The maximum Gasteiger partial charge on any atom is 0.404 e. The molecule has 0 aliphatic carbocycles. The number of halogens is 4. The van der Waals surface area contributed by atoms with Gasteiger partial charge in [0.05, 0.1) is 19.1 Å². The van der Waals surface area contributed by atoms with Gasteiger partial charge in [0, 0.05) is 24.1 Å². The summed E-state index contributed by atoms with van der Waals surface area (Å²) in [5.74, 6) is -1.41. The summed E-state index contributed by atoms with van der Waals surface area (Å²) in [6.07, 6.45) is -6.85. The molecule has 1 atom stereocenters. The minimum absolute atomic E-state index is 0.0254. The van der Waals surface area contributed by atoms with Crippen LogP contribution in [0.3, 0.4) is 0 Å². The lowest BCUT2D eigenvalue weighted by atomic mass is 10.0. The van der Waals surface area contributed by atoms with Crippen LogP contribution < -0.4 is 16.7 Å². The predicted octanol–water partition coefficient (Wildman–Crippen LogP) is 3.45. The Kier molecular flexibility index (Phi) is 8.69. The molecule has 0 radical (unpaired) electrons. The number of rotatable bonds is 10. The average Bonchev–Trinajstić information content (AvgIpc) is 3.12. The minimum Gasteiger partial charge on any atom is -0.450 e. The van der Waals surface area contributed by atoms with Gasteiger partial charge in [-0.25, -0.2) is 18.7 Å². The highest BCUT2D eigenvalue weighted by Crippen LogP contribution is 2.23. The molecule has 3 N–H and O–H groups in total. The van der Waals surface area contributed by atoms with E-state index in [4.69, 9.17) is 5.73 Å². The summed E-state index contributed by atoms with van der Waals surface area (Å²) in [6, 6.07) is 11.3. The molecule has 2 aromatic carbocycles. The Morgan fingerprint density at radius 2 is 1.81 bits per heavy atom. The second-order valence-corrected chi connectivity index (χ2v) is 8.24. The van der Waals surface area contributed by atoms with Crippen LogP contribution in [0.5, 0.6) is 0 Å². The van der Waals surface area contributed by atoms with Crippen LogP contribution in [-0.2, 0) is 22.6 Å². The van der Waals surface area contributed by atoms with E-state index in [1.165, 1.54) is 18.2 Å². The summed E-state index contributed by atoms with van der Waals surface area (Å²) in [4.78, 5) is 36.6. The highest BCUT2D eigenvalue weighted by atomic mass is 19.4. The van der Waals surface area contributed by atoms with Gasteiger partial charge >= 0.3 is 18.0 Å². The molecule has 0 saturated carbocycles. The van der Waals surface area contributed by atoms with E-state index < -0.39 is 55.2 Å². The molecule has 1 heterocycles. The zero-order chi connectivity index (χ0) is 27.2. The van der Waals surface area contributed by atoms with Crippen LogP contribution >= 0.6 is 0 Å². The predicted molar refractivity (Wildman–Crippen MR) is 125 cm³/mol. The highest BCUT2D eigenvalue weighted by molar-refractivity contribution is 5.76. The van der Waals surface area contributed by atoms with Crippen molar-refractivity contribution in [2.24, 2.45) is 5.73 Å². The number of amides is 2. The Hall–Kier alpha value is -4.16. The standard InChI is InChI=1S/C24H25F4N5O4/c1-15-6-8-16(9-7-15)21-31-33(23(36)32(21)12-11-24(26,27)28)14-20(34)30-19(10-13-37-22(29)35)17-4-2-3-5-18(17)25/h2-9,19H,10-14H2,1H3,(H2,29,35)(H,30,34). The van der Waals surface area contributed by atoms with Crippen molar-refractivity contribution < 1.29 is 31.9 Å². The maximum atomic E-state index is 14.4. The molecule has 13 heteroatoms. The lowest BCUT2D eigenvalue weighted by molar-refractivity contribution is -0.136. The van der Waals surface area contributed by atoms with Gasteiger partial charge in [0.25, 0.3) is 0 Å². The monoisotopic (exact) mass is 523 g/mol. The van der Waals surface area contributed by atoms with E-state index in [-0.39, 0.29) is 24.4 Å². The molecule has 0 fully saturated rings. The lowest BCUT2D eigenvalue weighted by Crippen LogP contribution is -2.36. The van der Waals surface area contributed by atoms with Gasteiger partial charge < -0.3 is 15.8 Å². The molecule has 0 aliphatic rings. The Bertz CT molecular complexity index is 1300. The van der Waals surface area contributed by atoms with Crippen LogP contribution in [0.25, 0.3) is 11.4 Å². The molecule has 1 aromatic heterocycles. The number of aromatic nitrogens is 3. The number of carbonyl (C=O) groups excluding carboxylic acids is 2. The van der Waals surface area contributed by atoms with E-state index in [0.717, 1.165) is 14.8 Å². The largest absolute Gasteiger partial charge is 0.450 e. The first-order valence-corrected chi connectivity index (χ1v) is 11.2. The van der Waals surface area contributed by atoms with Crippen molar-refractivity contribution in [1.29, 1.82) is 0 Å².